The van der Waals surface area contributed by atoms with Crippen molar-refractivity contribution in [3.63, 3.8) is 0 Å². The molecule has 0 spiro atoms. The van der Waals surface area contributed by atoms with Gasteiger partial charge in [0.2, 0.25) is 0 Å². The first-order chi connectivity index (χ1) is 13.7. The zero-order valence-corrected chi connectivity index (χ0v) is 21.9. The fraction of sp³-hybridized carbons (Fsp3) is 0.682. The van der Waals surface area contributed by atoms with Gasteiger partial charge in [-0.3, -0.25) is 4.99 Å². The minimum atomic E-state index is -2.95. The van der Waals surface area contributed by atoms with Crippen molar-refractivity contribution in [2.24, 2.45) is 4.99 Å². The third kappa shape index (κ3) is 9.51. The Morgan fingerprint density at radius 3 is 2.37 bits per heavy atom. The second kappa shape index (κ2) is 12.9. The van der Waals surface area contributed by atoms with Gasteiger partial charge >= 0.3 is 0 Å². The van der Waals surface area contributed by atoms with Crippen LogP contribution in [-0.2, 0) is 9.84 Å². The summed E-state index contributed by atoms with van der Waals surface area (Å²) in [5.41, 5.74) is 1.30. The van der Waals surface area contributed by atoms with E-state index in [-0.39, 0.29) is 47.4 Å². The van der Waals surface area contributed by atoms with Gasteiger partial charge in [0.15, 0.2) is 5.96 Å². The van der Waals surface area contributed by atoms with Gasteiger partial charge in [-0.1, -0.05) is 43.2 Å². The number of benzene rings is 1. The maximum atomic E-state index is 11.4. The lowest BCUT2D eigenvalue weighted by Crippen LogP contribution is -2.49. The van der Waals surface area contributed by atoms with Gasteiger partial charge in [-0.15, -0.1) is 24.0 Å². The van der Waals surface area contributed by atoms with Gasteiger partial charge in [-0.2, -0.15) is 0 Å². The fourth-order valence-electron chi connectivity index (χ4n) is 3.93. The molecule has 0 saturated heterocycles. The van der Waals surface area contributed by atoms with Crippen LogP contribution >= 0.6 is 24.0 Å². The molecule has 172 valence electrons. The lowest BCUT2D eigenvalue weighted by molar-refractivity contribution is 0.307. The molecule has 8 heteroatoms. The summed E-state index contributed by atoms with van der Waals surface area (Å²) in [7, 11) is -2.95. The average molecular weight is 551 g/mol. The predicted octanol–water partition coefficient (Wildman–Crippen LogP) is 3.65. The molecule has 6 nitrogen and oxygen atoms in total. The van der Waals surface area contributed by atoms with Crippen LogP contribution in [0.3, 0.4) is 0 Å². The molecule has 1 aliphatic rings. The monoisotopic (exact) mass is 550 g/mol. The average Bonchev–Trinajstić information content (AvgIpc) is 3.13. The van der Waals surface area contributed by atoms with Crippen LogP contribution in [0.2, 0.25) is 0 Å². The van der Waals surface area contributed by atoms with Crippen molar-refractivity contribution in [3.05, 3.63) is 35.9 Å². The maximum absolute atomic E-state index is 11.4. The van der Waals surface area contributed by atoms with Crippen LogP contribution in [0.4, 0.5) is 0 Å². The highest BCUT2D eigenvalue weighted by Crippen LogP contribution is 2.32. The van der Waals surface area contributed by atoms with Crippen LogP contribution in [0.25, 0.3) is 0 Å². The van der Waals surface area contributed by atoms with Gasteiger partial charge in [-0.25, -0.2) is 8.42 Å². The predicted molar refractivity (Wildman–Crippen MR) is 138 cm³/mol. The first-order valence-corrected chi connectivity index (χ1v) is 12.8. The Morgan fingerprint density at radius 1 is 1.17 bits per heavy atom. The molecule has 2 rings (SSSR count). The zero-order chi connectivity index (χ0) is 21.3. The van der Waals surface area contributed by atoms with Crippen molar-refractivity contribution in [3.8, 4) is 0 Å². The minimum absolute atomic E-state index is 0. The summed E-state index contributed by atoms with van der Waals surface area (Å²) in [6.45, 7) is 7.73. The van der Waals surface area contributed by atoms with Gasteiger partial charge < -0.3 is 16.0 Å². The summed E-state index contributed by atoms with van der Waals surface area (Å²) in [5.74, 6) is 0.939. The molecule has 2 unspecified atom stereocenters. The molecular formula is C22H39IN4O2S. The van der Waals surface area contributed by atoms with Gasteiger partial charge in [-0.05, 0) is 45.6 Å². The Labute approximate surface area is 200 Å². The molecule has 0 aromatic heterocycles. The summed E-state index contributed by atoms with van der Waals surface area (Å²) in [6.07, 6.45) is 6.53. The topological polar surface area (TPSA) is 82.6 Å². The van der Waals surface area contributed by atoms with Crippen LogP contribution in [0.5, 0.6) is 0 Å². The van der Waals surface area contributed by atoms with E-state index in [9.17, 15) is 8.42 Å². The largest absolute Gasteiger partial charge is 0.357 e. The second-order valence-corrected chi connectivity index (χ2v) is 10.7. The molecule has 0 bridgehead atoms. The SMILES string of the molecule is CCNC(=NCC1(NC(C)c2ccccc2)CCCC1)NC(C)CCS(C)(=O)=O.I. The van der Waals surface area contributed by atoms with Crippen molar-refractivity contribution < 1.29 is 8.42 Å². The van der Waals surface area contributed by atoms with Gasteiger partial charge in [0, 0.05) is 30.4 Å². The van der Waals surface area contributed by atoms with Crippen LogP contribution in [0.15, 0.2) is 35.3 Å². The van der Waals surface area contributed by atoms with Crippen LogP contribution in [0, 0.1) is 0 Å². The molecule has 0 heterocycles. The normalized spacial score (nSPS) is 18.3. The van der Waals surface area contributed by atoms with Crippen molar-refractivity contribution in [1.82, 2.24) is 16.0 Å². The van der Waals surface area contributed by atoms with Crippen molar-refractivity contribution in [2.75, 3.05) is 25.1 Å². The number of guanidine groups is 1. The van der Waals surface area contributed by atoms with E-state index in [0.717, 1.165) is 25.3 Å². The highest BCUT2D eigenvalue weighted by molar-refractivity contribution is 14.0. The van der Waals surface area contributed by atoms with E-state index in [4.69, 9.17) is 4.99 Å². The summed E-state index contributed by atoms with van der Waals surface area (Å²) in [4.78, 5) is 4.88. The molecule has 1 aromatic carbocycles. The minimum Gasteiger partial charge on any atom is -0.357 e. The first-order valence-electron chi connectivity index (χ1n) is 10.8. The third-order valence-electron chi connectivity index (χ3n) is 5.57. The number of nitrogens with one attached hydrogen (secondary N) is 3. The molecular weight excluding hydrogens is 511 g/mol. The smallest absolute Gasteiger partial charge is 0.191 e. The lowest BCUT2D eigenvalue weighted by Gasteiger charge is -2.33. The van der Waals surface area contributed by atoms with Gasteiger partial charge in [0.25, 0.3) is 0 Å². The molecule has 1 aromatic rings. The number of hydrogen-bond donors (Lipinski definition) is 3. The molecule has 3 N–H and O–H groups in total. The van der Waals surface area contributed by atoms with E-state index < -0.39 is 9.84 Å². The van der Waals surface area contributed by atoms with E-state index in [1.807, 2.05) is 19.9 Å². The molecule has 0 radical (unpaired) electrons. The van der Waals surface area contributed by atoms with E-state index >= 15 is 0 Å². The number of sulfone groups is 1. The van der Waals surface area contributed by atoms with E-state index in [1.165, 1.54) is 24.7 Å². The first kappa shape index (κ1) is 27.2. The van der Waals surface area contributed by atoms with Crippen molar-refractivity contribution in [1.29, 1.82) is 0 Å². The molecule has 1 fully saturated rings. The number of rotatable bonds is 10. The molecule has 30 heavy (non-hydrogen) atoms. The Hall–Kier alpha value is -0.870. The Bertz CT molecular complexity index is 750. The van der Waals surface area contributed by atoms with Gasteiger partial charge in [0.1, 0.15) is 9.84 Å². The summed E-state index contributed by atoms with van der Waals surface area (Å²) >= 11 is 0. The Morgan fingerprint density at radius 2 is 1.80 bits per heavy atom. The summed E-state index contributed by atoms with van der Waals surface area (Å²) in [5, 5.41) is 10.5. The number of hydrogen-bond acceptors (Lipinski definition) is 4. The number of aliphatic imine (C=N–C) groups is 1. The third-order valence-corrected chi connectivity index (χ3v) is 6.55. The van der Waals surface area contributed by atoms with Crippen LogP contribution in [-0.4, -0.2) is 51.1 Å². The standard InChI is InChI=1S/C22H38N4O2S.HI/c1-5-23-21(25-18(2)13-16-29(4,27)28)24-17-22(14-9-10-15-22)26-19(3)20-11-7-6-8-12-20;/h6-8,11-12,18-19,26H,5,9-10,13-17H2,1-4H3,(H2,23,24,25);1H. The second-order valence-electron chi connectivity index (χ2n) is 8.42. The highest BCUT2D eigenvalue weighted by Gasteiger charge is 2.35. The number of nitrogens with zero attached hydrogens (tertiary/aromatic N) is 1. The molecule has 2 atom stereocenters. The van der Waals surface area contributed by atoms with E-state index in [2.05, 4.69) is 47.1 Å². The molecule has 0 amide bonds. The fourth-order valence-corrected chi connectivity index (χ4v) is 4.71. The van der Waals surface area contributed by atoms with Crippen LogP contribution < -0.4 is 16.0 Å². The van der Waals surface area contributed by atoms with Gasteiger partial charge in [0.05, 0.1) is 12.3 Å². The van der Waals surface area contributed by atoms with Crippen LogP contribution in [0.1, 0.15) is 64.5 Å². The number of halogens is 1. The zero-order valence-electron chi connectivity index (χ0n) is 18.8. The molecule has 1 saturated carbocycles. The molecule has 1 aliphatic carbocycles. The quantitative estimate of drug-likeness (QED) is 0.236. The highest BCUT2D eigenvalue weighted by atomic mass is 127. The Balaban J connectivity index is 0.00000450. The lowest BCUT2D eigenvalue weighted by atomic mass is 9.95. The Kier molecular flexibility index (Phi) is 11.6. The maximum Gasteiger partial charge on any atom is 0.191 e. The van der Waals surface area contributed by atoms with E-state index in [1.54, 1.807) is 0 Å². The summed E-state index contributed by atoms with van der Waals surface area (Å²) < 4.78 is 22.9. The van der Waals surface area contributed by atoms with Crippen molar-refractivity contribution >= 4 is 39.8 Å². The molecule has 0 aliphatic heterocycles. The summed E-state index contributed by atoms with van der Waals surface area (Å²) in [6, 6.07) is 10.9. The van der Waals surface area contributed by atoms with E-state index in [0.29, 0.717) is 13.0 Å². The van der Waals surface area contributed by atoms with Crippen molar-refractivity contribution in [2.45, 2.75) is 70.5 Å².